The number of methoxy groups -OCH3 is 7. The van der Waals surface area contributed by atoms with E-state index in [2.05, 4.69) is 42.5 Å². The van der Waals surface area contributed by atoms with Crippen molar-refractivity contribution in [2.75, 3.05) is 95.8 Å². The van der Waals surface area contributed by atoms with E-state index in [4.69, 9.17) is 80.5 Å². The first kappa shape index (κ1) is 121. The van der Waals surface area contributed by atoms with Gasteiger partial charge < -0.3 is 73.7 Å². The van der Waals surface area contributed by atoms with Crippen molar-refractivity contribution >= 4 is 153 Å². The van der Waals surface area contributed by atoms with Crippen LogP contribution in [0.15, 0.2) is 233 Å². The lowest BCUT2D eigenvalue weighted by molar-refractivity contribution is -0.138. The van der Waals surface area contributed by atoms with Crippen LogP contribution in [0.5, 0.6) is 40.2 Å². The van der Waals surface area contributed by atoms with Gasteiger partial charge in [-0.05, 0) is 258 Å². The molecule has 0 aliphatic carbocycles. The molecule has 0 aliphatic heterocycles. The summed E-state index contributed by atoms with van der Waals surface area (Å²) in [5, 5.41) is 59.9. The van der Waals surface area contributed by atoms with Gasteiger partial charge in [-0.3, -0.25) is 33.6 Å². The molecule has 132 heavy (non-hydrogen) atoms. The molecule has 0 heterocycles. The Hall–Kier alpha value is -8.59. The Morgan fingerprint density at radius 3 is 0.833 bits per heavy atom. The second-order valence-corrected chi connectivity index (χ2v) is 38.5. The Labute approximate surface area is 821 Å². The number of hydrogen-bond donors (Lipinski definition) is 7. The number of carboxylic acid groups (broad SMARTS) is 7. The molecule has 0 radical (unpaired) electrons. The van der Waals surface area contributed by atoms with Crippen molar-refractivity contribution < 1.29 is 107 Å². The van der Waals surface area contributed by atoms with Gasteiger partial charge in [-0.15, -0.1) is 94.1 Å². The number of ketones is 1. The Morgan fingerprint density at radius 1 is 0.235 bits per heavy atom. The molecule has 0 saturated carbocycles. The number of unbranched alkanes of at least 4 members (excludes halogenated alkanes) is 16. The maximum Gasteiger partial charge on any atom is 0.313 e. The van der Waals surface area contributed by atoms with Gasteiger partial charge in [0.1, 0.15) is 46.0 Å². The molecule has 0 saturated heterocycles. The highest BCUT2D eigenvalue weighted by Gasteiger charge is 2.09. The summed E-state index contributed by atoms with van der Waals surface area (Å²) in [4.78, 5) is 91.9. The number of rotatable bonds is 60. The summed E-state index contributed by atoms with van der Waals surface area (Å²) in [5.74, 6) is 8.26. The first-order valence-corrected chi connectivity index (χ1v) is 52.3. The molecule has 0 bridgehead atoms. The average molecular weight is 2000 g/mol. The minimum atomic E-state index is -0.819. The van der Waals surface area contributed by atoms with Gasteiger partial charge in [-0.25, -0.2) is 0 Å². The van der Waals surface area contributed by atoms with E-state index in [0.29, 0.717) is 42.9 Å². The highest BCUT2D eigenvalue weighted by atomic mass is 35.5. The highest BCUT2D eigenvalue weighted by molar-refractivity contribution is 8.01. The van der Waals surface area contributed by atoms with Crippen LogP contribution in [-0.2, 0) is 38.4 Å². The lowest BCUT2D eigenvalue weighted by Gasteiger charge is -2.07. The van der Waals surface area contributed by atoms with Crippen molar-refractivity contribution in [3.8, 4) is 40.2 Å². The number of carbonyl (C=O) groups excluding carboxylic acids is 1. The number of carboxylic acids is 7. The normalized spacial score (nSPS) is 10.2. The smallest absolute Gasteiger partial charge is 0.313 e. The quantitative estimate of drug-likeness (QED) is 0.0137. The van der Waals surface area contributed by atoms with E-state index in [0.717, 1.165) is 186 Å². The van der Waals surface area contributed by atoms with Gasteiger partial charge in [0.05, 0.1) is 61.9 Å². The fourth-order valence-corrected chi connectivity index (χ4v) is 18.7. The molecule has 7 N–H and O–H groups in total. The second kappa shape index (κ2) is 83.0. The maximum absolute atomic E-state index is 10.8. The summed E-state index contributed by atoms with van der Waals surface area (Å²) >= 11 is 19.2. The number of hydrogen-bond acceptors (Lipinski definition) is 23. The third-order valence-corrected chi connectivity index (χ3v) is 26.9. The molecule has 8 aromatic carbocycles. The van der Waals surface area contributed by atoms with Crippen molar-refractivity contribution in [1.29, 1.82) is 0 Å². The van der Waals surface area contributed by atoms with Crippen molar-refractivity contribution in [2.24, 2.45) is 0 Å². The van der Waals surface area contributed by atoms with Gasteiger partial charge in [0, 0.05) is 88.5 Å². The molecule has 8 aromatic rings. The highest BCUT2D eigenvalue weighted by Crippen LogP contribution is 2.33. The van der Waals surface area contributed by atoms with Gasteiger partial charge in [0.2, 0.25) is 0 Å². The van der Waals surface area contributed by atoms with Crippen LogP contribution in [-0.4, -0.2) is 179 Å². The third kappa shape index (κ3) is 72.0. The number of Topliss-reactive ketones (excluding diaryl/α,β-unsaturated/α-hetero) is 1. The lowest BCUT2D eigenvalue weighted by atomic mass is 10.1. The maximum atomic E-state index is 10.8. The van der Waals surface area contributed by atoms with Gasteiger partial charge >= 0.3 is 41.8 Å². The van der Waals surface area contributed by atoms with Gasteiger partial charge in [0.25, 0.3) is 0 Å². The van der Waals surface area contributed by atoms with E-state index in [1.807, 2.05) is 157 Å². The van der Waals surface area contributed by atoms with Crippen LogP contribution in [0.25, 0.3) is 0 Å². The SMILES string of the molecule is COc1ccc(SCCC(=O)O)cc1.COc1ccc(SCCCC(=O)O)cc1.COc1cccc(SCCCCCC(=O)O)c1.COc1cccc(SCCCCCCCC(=O)O)c1.COc1cccc(SCCCCCCCCCC(=O)O)c1.COc1ccccc1SCCCCC(C)=O.COc1ccccc1SCCCCCCC(=O)O.O=C(O)CSc1cccc(Cl)c1. The predicted molar refractivity (Wildman–Crippen MR) is 546 cm³/mol. The topological polar surface area (TPSA) is 343 Å². The fourth-order valence-electron chi connectivity index (χ4n) is 11.1. The van der Waals surface area contributed by atoms with Gasteiger partial charge in [-0.1, -0.05) is 131 Å². The van der Waals surface area contributed by atoms with Crippen LogP contribution in [0, 0.1) is 0 Å². The number of thioether (sulfide) groups is 8. The van der Waals surface area contributed by atoms with Crippen molar-refractivity contribution in [1.82, 2.24) is 0 Å². The largest absolute Gasteiger partial charge is 0.497 e. The average Bonchev–Trinajstić information content (AvgIpc) is 0.827. The van der Waals surface area contributed by atoms with Crippen LogP contribution in [0.3, 0.4) is 0 Å². The summed E-state index contributed by atoms with van der Waals surface area (Å²) in [6, 6.07) is 62.8. The lowest BCUT2D eigenvalue weighted by Crippen LogP contribution is -1.96. The second-order valence-electron chi connectivity index (χ2n) is 28.9. The number of ether oxygens (including phenoxy) is 7. The molecule has 0 fully saturated rings. The zero-order valence-corrected chi connectivity index (χ0v) is 84.8. The van der Waals surface area contributed by atoms with Crippen LogP contribution >= 0.6 is 106 Å². The van der Waals surface area contributed by atoms with E-state index in [1.165, 1.54) is 86.5 Å². The molecule has 0 spiro atoms. The van der Waals surface area contributed by atoms with Crippen molar-refractivity contribution in [3.63, 3.8) is 0 Å². The molecule has 0 aromatic heterocycles. The van der Waals surface area contributed by atoms with Crippen molar-refractivity contribution in [3.05, 3.63) is 199 Å². The number of para-hydroxylation sites is 2. The zero-order chi connectivity index (χ0) is 97.3. The van der Waals surface area contributed by atoms with Crippen LogP contribution < -0.4 is 33.2 Å². The predicted octanol–water partition coefficient (Wildman–Crippen LogP) is 27.4. The summed E-state index contributed by atoms with van der Waals surface area (Å²) < 4.78 is 36.1. The van der Waals surface area contributed by atoms with Gasteiger partial charge in [0.15, 0.2) is 0 Å². The fraction of sp³-hybridized carbons (Fsp3) is 0.446. The zero-order valence-electron chi connectivity index (χ0n) is 77.5. The number of carbonyl (C=O) groups is 8. The van der Waals surface area contributed by atoms with E-state index in [9.17, 15) is 38.4 Å². The molecule has 0 amide bonds. The number of benzene rings is 8. The summed E-state index contributed by atoms with van der Waals surface area (Å²) in [5.41, 5.74) is 0. The monoisotopic (exact) mass is 1990 g/mol. The first-order chi connectivity index (χ1) is 63.8. The van der Waals surface area contributed by atoms with Crippen molar-refractivity contribution in [2.45, 2.75) is 232 Å². The molecule has 0 unspecified atom stereocenters. The summed E-state index contributed by atoms with van der Waals surface area (Å²) in [6.07, 6.45) is 25.2. The standard InChI is InChI=1S/C17H26O3S.C15H22O3S.C14H20O3S.C13H18O3S.C13H18O2S.C11H14O3S.C10H12O3S.C8H7ClO2S/c1-20-15-10-9-11-16(14-15)21-13-8-6-4-2-3-5-7-12-17(18)19;1-18-13-8-7-9-14(12-13)19-11-6-4-2-3-5-10-15(16)17;1-17-12-8-5-6-9-13(12)18-11-7-3-2-4-10-14(15)16;1-16-11-6-5-7-12(10-11)17-9-4-2-3-8-13(14)15;1-11(14)7-5-6-10-16-13-9-4-3-8-12(13)15-2;1-14-9-4-6-10(7-5-9)15-8-2-3-11(12)13;1-13-8-2-4-9(5-3-8)14-7-6-10(11)12;9-6-2-1-3-7(4-6)12-5-8(10)11/h9-11,14H,2-8,12-13H2,1H3,(H,18,19);7-9,12H,2-6,10-11H2,1H3,(H,16,17);5-6,8-9H,2-4,7,10-11H2,1H3,(H,15,16);5-7,10H,2-4,8-9H2,1H3,(H,14,15);3-4,8-9H,5-7,10H2,1-2H3;4-7H,2-3,8H2,1H3,(H,12,13);2-5H,6-7H2,1H3,(H,11,12);1-4H,5H2,(H,10,11). The van der Waals surface area contributed by atoms with Crippen LogP contribution in [0.2, 0.25) is 5.02 Å². The minimum Gasteiger partial charge on any atom is -0.497 e. The van der Waals surface area contributed by atoms with E-state index >= 15 is 0 Å². The van der Waals surface area contributed by atoms with Gasteiger partial charge in [-0.2, -0.15) is 0 Å². The Kier molecular flexibility index (Phi) is 76.4. The van der Waals surface area contributed by atoms with Crippen LogP contribution in [0.1, 0.15) is 193 Å². The molecule has 22 nitrogen and oxygen atoms in total. The Bertz CT molecular complexity index is 4380. The third-order valence-electron chi connectivity index (χ3n) is 18.1. The molecular weight excluding hydrogens is 1860 g/mol. The minimum absolute atomic E-state index is 0.0698. The first-order valence-electron chi connectivity index (χ1n) is 44.0. The van der Waals surface area contributed by atoms with Crippen LogP contribution in [0.4, 0.5) is 0 Å². The number of aliphatic carboxylic acids is 7. The molecule has 0 aliphatic rings. The summed E-state index contributed by atoms with van der Waals surface area (Å²) in [6.45, 7) is 1.65. The Morgan fingerprint density at radius 2 is 0.508 bits per heavy atom. The molecule has 8 rings (SSSR count). The van der Waals surface area contributed by atoms with E-state index in [-0.39, 0.29) is 30.8 Å². The Balaban J connectivity index is 0.000000758. The molecular formula is C101H137ClO22S8. The molecule has 728 valence electrons. The van der Waals surface area contributed by atoms with E-state index < -0.39 is 41.8 Å². The molecule has 0 atom stereocenters. The number of halogens is 1. The molecule has 31 heteroatoms. The van der Waals surface area contributed by atoms with E-state index in [1.54, 1.807) is 122 Å². The summed E-state index contributed by atoms with van der Waals surface area (Å²) in [7, 11) is 11.7.